The molecule has 1 atom stereocenters. The maximum Gasteiger partial charge on any atom is 0.514 e. The van der Waals surface area contributed by atoms with Crippen LogP contribution in [0.3, 0.4) is 0 Å². The molecule has 3 rings (SSSR count). The van der Waals surface area contributed by atoms with E-state index >= 15 is 0 Å². The third-order valence-corrected chi connectivity index (χ3v) is 4.43. The van der Waals surface area contributed by atoms with Crippen molar-refractivity contribution in [3.63, 3.8) is 0 Å². The van der Waals surface area contributed by atoms with E-state index in [4.69, 9.17) is 18.8 Å². The minimum absolute atomic E-state index is 0.110. The normalized spacial score (nSPS) is 27.8. The van der Waals surface area contributed by atoms with Gasteiger partial charge in [-0.1, -0.05) is 6.07 Å². The summed E-state index contributed by atoms with van der Waals surface area (Å²) in [4.78, 5) is 4.65. The van der Waals surface area contributed by atoms with Crippen molar-refractivity contribution in [3.05, 3.63) is 23.9 Å². The summed E-state index contributed by atoms with van der Waals surface area (Å²) in [6, 6.07) is 5.84. The summed E-state index contributed by atoms with van der Waals surface area (Å²) >= 11 is 0. The van der Waals surface area contributed by atoms with E-state index in [0.29, 0.717) is 19.8 Å². The minimum atomic E-state index is -0.445. The first kappa shape index (κ1) is 15.0. The number of pyridine rings is 1. The van der Waals surface area contributed by atoms with Gasteiger partial charge in [-0.25, -0.2) is 0 Å². The molecule has 2 aliphatic rings. The zero-order valence-electron chi connectivity index (χ0n) is 13.1. The van der Waals surface area contributed by atoms with Crippen LogP contribution in [0.2, 0.25) is 0 Å². The van der Waals surface area contributed by atoms with Gasteiger partial charge < -0.3 is 18.8 Å². The highest BCUT2D eigenvalue weighted by Gasteiger charge is 2.52. The van der Waals surface area contributed by atoms with Gasteiger partial charge in [0.1, 0.15) is 6.10 Å². The Morgan fingerprint density at radius 2 is 1.81 bits per heavy atom. The molecule has 0 radical (unpaired) electrons. The van der Waals surface area contributed by atoms with Gasteiger partial charge in [0.15, 0.2) is 0 Å². The first-order valence-corrected chi connectivity index (χ1v) is 7.41. The Morgan fingerprint density at radius 1 is 1.10 bits per heavy atom. The van der Waals surface area contributed by atoms with Gasteiger partial charge in [-0.2, -0.15) is 0 Å². The lowest BCUT2D eigenvalue weighted by Gasteiger charge is -2.32. The highest BCUT2D eigenvalue weighted by molar-refractivity contribution is 6.61. The van der Waals surface area contributed by atoms with E-state index in [0.717, 1.165) is 11.3 Å². The van der Waals surface area contributed by atoms with E-state index in [1.54, 1.807) is 0 Å². The second-order valence-electron chi connectivity index (χ2n) is 6.51. The standard InChI is InChI=1S/C15H22BNO4/c1-14(2)15(3,4)21-16(20-14)13-7-5-6-11(17-13)12-10-18-8-9-19-12/h5-7,12H,8-10H2,1-4H3. The van der Waals surface area contributed by atoms with E-state index < -0.39 is 7.12 Å². The van der Waals surface area contributed by atoms with E-state index in [1.165, 1.54) is 0 Å². The molecule has 5 nitrogen and oxygen atoms in total. The van der Waals surface area contributed by atoms with Crippen LogP contribution in [0.5, 0.6) is 0 Å². The Morgan fingerprint density at radius 3 is 2.43 bits per heavy atom. The molecule has 0 spiro atoms. The third kappa shape index (κ3) is 2.86. The molecular weight excluding hydrogens is 269 g/mol. The molecule has 21 heavy (non-hydrogen) atoms. The van der Waals surface area contributed by atoms with Crippen LogP contribution in [-0.2, 0) is 18.8 Å². The lowest BCUT2D eigenvalue weighted by atomic mass is 9.84. The number of nitrogens with zero attached hydrogens (tertiary/aromatic N) is 1. The van der Waals surface area contributed by atoms with Gasteiger partial charge >= 0.3 is 7.12 Å². The topological polar surface area (TPSA) is 49.8 Å². The molecular formula is C15H22BNO4. The van der Waals surface area contributed by atoms with Crippen molar-refractivity contribution in [2.24, 2.45) is 0 Å². The van der Waals surface area contributed by atoms with Gasteiger partial charge in [-0.3, -0.25) is 4.98 Å². The molecule has 114 valence electrons. The second-order valence-corrected chi connectivity index (χ2v) is 6.51. The van der Waals surface area contributed by atoms with Gasteiger partial charge in [0, 0.05) is 0 Å². The summed E-state index contributed by atoms with van der Waals surface area (Å²) in [7, 11) is -0.445. The summed E-state index contributed by atoms with van der Waals surface area (Å²) in [6.45, 7) is 9.94. The number of rotatable bonds is 2. The molecule has 3 heterocycles. The fraction of sp³-hybridized carbons (Fsp3) is 0.667. The molecule has 0 bridgehead atoms. The van der Waals surface area contributed by atoms with Crippen molar-refractivity contribution < 1.29 is 18.8 Å². The summed E-state index contributed by atoms with van der Waals surface area (Å²) in [5.41, 5.74) is 0.918. The number of ether oxygens (including phenoxy) is 2. The largest absolute Gasteiger partial charge is 0.514 e. The Labute approximate surface area is 126 Å². The number of hydrogen-bond donors (Lipinski definition) is 0. The molecule has 2 saturated heterocycles. The zero-order valence-corrected chi connectivity index (χ0v) is 13.1. The van der Waals surface area contributed by atoms with Crippen LogP contribution in [0.4, 0.5) is 0 Å². The first-order chi connectivity index (χ1) is 9.89. The average Bonchev–Trinajstić information content (AvgIpc) is 2.69. The predicted molar refractivity (Wildman–Crippen MR) is 79.5 cm³/mol. The Hall–Kier alpha value is -0.945. The van der Waals surface area contributed by atoms with Crippen LogP contribution >= 0.6 is 0 Å². The lowest BCUT2D eigenvalue weighted by Crippen LogP contribution is -2.41. The zero-order chi connectivity index (χ0) is 15.1. The van der Waals surface area contributed by atoms with Crippen LogP contribution in [-0.4, -0.2) is 43.1 Å². The molecule has 6 heteroatoms. The van der Waals surface area contributed by atoms with Crippen LogP contribution < -0.4 is 5.59 Å². The minimum Gasteiger partial charge on any atom is -0.398 e. The van der Waals surface area contributed by atoms with E-state index in [9.17, 15) is 0 Å². The predicted octanol–water partition coefficient (Wildman–Crippen LogP) is 1.47. The molecule has 1 unspecified atom stereocenters. The van der Waals surface area contributed by atoms with Crippen molar-refractivity contribution in [2.75, 3.05) is 19.8 Å². The Kier molecular flexibility index (Phi) is 3.82. The van der Waals surface area contributed by atoms with Crippen molar-refractivity contribution >= 4 is 12.7 Å². The highest BCUT2D eigenvalue weighted by atomic mass is 16.7. The smallest absolute Gasteiger partial charge is 0.398 e. The SMILES string of the molecule is CC1(C)OB(c2cccc(C3COCCO3)n2)OC1(C)C. The van der Waals surface area contributed by atoms with Crippen molar-refractivity contribution in [1.82, 2.24) is 4.98 Å². The van der Waals surface area contributed by atoms with Gasteiger partial charge in [0.05, 0.1) is 42.3 Å². The molecule has 1 aromatic heterocycles. The molecule has 1 aromatic rings. The van der Waals surface area contributed by atoms with Gasteiger partial charge in [0.2, 0.25) is 0 Å². The molecule has 0 aliphatic carbocycles. The van der Waals surface area contributed by atoms with E-state index in [2.05, 4.69) is 4.98 Å². The van der Waals surface area contributed by atoms with Crippen molar-refractivity contribution in [2.45, 2.75) is 45.0 Å². The summed E-state index contributed by atoms with van der Waals surface area (Å²) in [6.07, 6.45) is -0.110. The maximum atomic E-state index is 6.04. The fourth-order valence-electron chi connectivity index (χ4n) is 2.40. The van der Waals surface area contributed by atoms with Crippen LogP contribution in [0, 0.1) is 0 Å². The Bertz CT molecular complexity index is 498. The van der Waals surface area contributed by atoms with Crippen LogP contribution in [0.15, 0.2) is 18.2 Å². The molecule has 2 fully saturated rings. The summed E-state index contributed by atoms with van der Waals surface area (Å²) < 4.78 is 23.2. The third-order valence-electron chi connectivity index (χ3n) is 4.43. The molecule has 0 N–H and O–H groups in total. The molecule has 2 aliphatic heterocycles. The van der Waals surface area contributed by atoms with Crippen LogP contribution in [0.25, 0.3) is 0 Å². The molecule has 0 amide bonds. The fourth-order valence-corrected chi connectivity index (χ4v) is 2.40. The van der Waals surface area contributed by atoms with E-state index in [1.807, 2.05) is 45.9 Å². The van der Waals surface area contributed by atoms with Crippen LogP contribution in [0.1, 0.15) is 39.5 Å². The monoisotopic (exact) mass is 291 g/mol. The summed E-state index contributed by atoms with van der Waals surface area (Å²) in [5.74, 6) is 0. The van der Waals surface area contributed by atoms with Crippen molar-refractivity contribution in [3.8, 4) is 0 Å². The van der Waals surface area contributed by atoms with Gasteiger partial charge in [0.25, 0.3) is 0 Å². The van der Waals surface area contributed by atoms with Gasteiger partial charge in [-0.15, -0.1) is 0 Å². The highest BCUT2D eigenvalue weighted by Crippen LogP contribution is 2.36. The molecule has 0 saturated carbocycles. The van der Waals surface area contributed by atoms with Crippen molar-refractivity contribution in [1.29, 1.82) is 0 Å². The Balaban J connectivity index is 1.81. The van der Waals surface area contributed by atoms with E-state index in [-0.39, 0.29) is 17.3 Å². The first-order valence-electron chi connectivity index (χ1n) is 7.41. The number of aromatic nitrogens is 1. The summed E-state index contributed by atoms with van der Waals surface area (Å²) in [5, 5.41) is 0. The number of hydrogen-bond acceptors (Lipinski definition) is 5. The average molecular weight is 291 g/mol. The lowest BCUT2D eigenvalue weighted by molar-refractivity contribution is -0.0917. The molecule has 0 aromatic carbocycles. The maximum absolute atomic E-state index is 6.04. The quantitative estimate of drug-likeness (QED) is 0.772. The van der Waals surface area contributed by atoms with Gasteiger partial charge in [-0.05, 0) is 39.8 Å². The second kappa shape index (κ2) is 5.36.